The highest BCUT2D eigenvalue weighted by atomic mass is 16.5. The summed E-state index contributed by atoms with van der Waals surface area (Å²) in [6, 6.07) is 17.8. The van der Waals surface area contributed by atoms with E-state index in [4.69, 9.17) is 9.47 Å². The van der Waals surface area contributed by atoms with Gasteiger partial charge in [-0.3, -0.25) is 4.79 Å². The quantitative estimate of drug-likeness (QED) is 0.673. The van der Waals surface area contributed by atoms with E-state index in [0.717, 1.165) is 50.2 Å². The van der Waals surface area contributed by atoms with E-state index < -0.39 is 0 Å². The number of rotatable bonds is 4. The summed E-state index contributed by atoms with van der Waals surface area (Å²) in [4.78, 5) is 17.0. The van der Waals surface area contributed by atoms with Crippen LogP contribution in [0.3, 0.4) is 0 Å². The normalized spacial score (nSPS) is 30.6. The highest BCUT2D eigenvalue weighted by Crippen LogP contribution is 2.46. The number of quaternary nitrogens is 1. The van der Waals surface area contributed by atoms with Gasteiger partial charge in [0.1, 0.15) is 11.7 Å². The predicted molar refractivity (Wildman–Crippen MR) is 145 cm³/mol. The number of likely N-dealkylation sites (tertiary alicyclic amines) is 1. The van der Waals surface area contributed by atoms with Crippen LogP contribution >= 0.6 is 0 Å². The molecule has 198 valence electrons. The van der Waals surface area contributed by atoms with Crippen molar-refractivity contribution >= 4 is 5.91 Å². The average molecular weight is 504 g/mol. The third-order valence-electron chi connectivity index (χ3n) is 10.1. The number of piperidine rings is 1. The molecule has 5 heteroatoms. The molecule has 1 aliphatic carbocycles. The van der Waals surface area contributed by atoms with Crippen LogP contribution in [0.4, 0.5) is 0 Å². The number of hydrogen-bond donors (Lipinski definition) is 1. The van der Waals surface area contributed by atoms with Crippen molar-refractivity contribution in [2.24, 2.45) is 11.8 Å². The molecule has 5 nitrogen and oxygen atoms in total. The SMILES string of the molecule is COc1cccc2c1COCC[C@]21C[NH2+]C[C@H]1C(=O)N1CC[C@@H](c2ccccc2)C[C@H]1C1CCCCC1. The molecule has 1 saturated carbocycles. The number of ether oxygens (including phenoxy) is 2. The van der Waals surface area contributed by atoms with Gasteiger partial charge in [-0.15, -0.1) is 0 Å². The van der Waals surface area contributed by atoms with Crippen molar-refractivity contribution < 1.29 is 19.6 Å². The number of nitrogens with two attached hydrogens (primary N) is 1. The monoisotopic (exact) mass is 503 g/mol. The maximum atomic E-state index is 14.7. The molecule has 3 aliphatic heterocycles. The Balaban J connectivity index is 1.32. The Bertz CT molecular complexity index is 1080. The first-order valence-corrected chi connectivity index (χ1v) is 14.6. The molecule has 0 aromatic heterocycles. The molecule has 4 atom stereocenters. The van der Waals surface area contributed by atoms with Crippen molar-refractivity contribution in [3.8, 4) is 5.75 Å². The summed E-state index contributed by atoms with van der Waals surface area (Å²) < 4.78 is 11.8. The fourth-order valence-electron chi connectivity index (χ4n) is 8.19. The Morgan fingerprint density at radius 1 is 1.05 bits per heavy atom. The van der Waals surface area contributed by atoms with Crippen molar-refractivity contribution in [2.75, 3.05) is 33.4 Å². The van der Waals surface area contributed by atoms with Gasteiger partial charge in [-0.25, -0.2) is 0 Å². The molecule has 1 spiro atoms. The topological polar surface area (TPSA) is 55.4 Å². The number of hydrogen-bond acceptors (Lipinski definition) is 3. The maximum absolute atomic E-state index is 14.7. The van der Waals surface area contributed by atoms with Gasteiger partial charge in [-0.05, 0) is 61.1 Å². The van der Waals surface area contributed by atoms with E-state index in [9.17, 15) is 4.79 Å². The number of fused-ring (bicyclic) bond motifs is 2. The van der Waals surface area contributed by atoms with Gasteiger partial charge in [-0.1, -0.05) is 61.7 Å². The minimum absolute atomic E-state index is 0.0144. The standard InChI is InChI=1S/C32H42N2O3/c1-36-30-14-8-13-27-26(30)21-37-18-16-32(27)22-33-20-28(32)31(35)34-17-15-25(23-9-4-2-5-10-23)19-29(34)24-11-6-3-7-12-24/h2,4-5,8-10,13-14,24-25,28-29,33H,3,6-7,11-12,15-22H2,1H3/p+1/t25-,28+,29+,32+/m1/s1. The summed E-state index contributed by atoms with van der Waals surface area (Å²) in [6.07, 6.45) is 9.58. The summed E-state index contributed by atoms with van der Waals surface area (Å²) in [7, 11) is 1.74. The van der Waals surface area contributed by atoms with Gasteiger partial charge < -0.3 is 19.7 Å². The molecule has 0 unspecified atom stereocenters. The molecule has 2 aromatic rings. The van der Waals surface area contributed by atoms with Crippen molar-refractivity contribution in [1.29, 1.82) is 0 Å². The molecule has 6 rings (SSSR count). The summed E-state index contributed by atoms with van der Waals surface area (Å²) in [5, 5.41) is 2.38. The number of carbonyl (C=O) groups is 1. The van der Waals surface area contributed by atoms with Crippen molar-refractivity contribution in [3.63, 3.8) is 0 Å². The third-order valence-corrected chi connectivity index (χ3v) is 10.1. The van der Waals surface area contributed by atoms with Crippen molar-refractivity contribution in [2.45, 2.75) is 75.3 Å². The first kappa shape index (κ1) is 24.9. The number of amides is 1. The number of benzene rings is 2. The Labute approximate surface area is 221 Å². The zero-order chi connectivity index (χ0) is 25.2. The molecule has 3 fully saturated rings. The Hall–Kier alpha value is -2.37. The van der Waals surface area contributed by atoms with Crippen LogP contribution < -0.4 is 10.1 Å². The van der Waals surface area contributed by atoms with Crippen LogP contribution in [0, 0.1) is 11.8 Å². The smallest absolute Gasteiger partial charge is 0.232 e. The van der Waals surface area contributed by atoms with Gasteiger partial charge in [0.05, 0.1) is 32.2 Å². The fourth-order valence-corrected chi connectivity index (χ4v) is 8.19. The van der Waals surface area contributed by atoms with Crippen LogP contribution in [-0.2, 0) is 21.6 Å². The molecule has 0 radical (unpaired) electrons. The Morgan fingerprint density at radius 3 is 2.70 bits per heavy atom. The Kier molecular flexibility index (Phi) is 7.27. The largest absolute Gasteiger partial charge is 0.496 e. The fraction of sp³-hybridized carbons (Fsp3) is 0.594. The highest BCUT2D eigenvalue weighted by molar-refractivity contribution is 5.82. The van der Waals surface area contributed by atoms with E-state index in [1.54, 1.807) is 7.11 Å². The van der Waals surface area contributed by atoms with Crippen molar-refractivity contribution in [1.82, 2.24) is 4.90 Å². The van der Waals surface area contributed by atoms with E-state index in [-0.39, 0.29) is 11.3 Å². The van der Waals surface area contributed by atoms with E-state index in [0.29, 0.717) is 37.0 Å². The molecular formula is C32H43N2O3+. The average Bonchev–Trinajstić information content (AvgIpc) is 3.30. The number of carbonyl (C=O) groups excluding carboxylic acids is 1. The molecule has 2 aromatic carbocycles. The van der Waals surface area contributed by atoms with Crippen LogP contribution in [0.5, 0.6) is 5.75 Å². The molecule has 1 amide bonds. The van der Waals surface area contributed by atoms with Gasteiger partial charge in [0.2, 0.25) is 5.91 Å². The van der Waals surface area contributed by atoms with E-state index >= 15 is 0 Å². The predicted octanol–water partition coefficient (Wildman–Crippen LogP) is 4.40. The number of methoxy groups -OCH3 is 1. The molecular weight excluding hydrogens is 460 g/mol. The molecule has 2 N–H and O–H groups in total. The third kappa shape index (κ3) is 4.59. The van der Waals surface area contributed by atoms with Crippen LogP contribution in [0.2, 0.25) is 0 Å². The van der Waals surface area contributed by atoms with E-state index in [1.165, 1.54) is 43.2 Å². The summed E-state index contributed by atoms with van der Waals surface area (Å²) >= 11 is 0. The lowest BCUT2D eigenvalue weighted by Crippen LogP contribution is -2.82. The Morgan fingerprint density at radius 2 is 1.89 bits per heavy atom. The molecule has 3 heterocycles. The molecule has 0 bridgehead atoms. The lowest BCUT2D eigenvalue weighted by Gasteiger charge is -2.46. The minimum atomic E-state index is -0.190. The first-order valence-electron chi connectivity index (χ1n) is 14.6. The van der Waals surface area contributed by atoms with Gasteiger partial charge >= 0.3 is 0 Å². The van der Waals surface area contributed by atoms with Crippen LogP contribution in [-0.4, -0.2) is 50.2 Å². The molecule has 37 heavy (non-hydrogen) atoms. The van der Waals surface area contributed by atoms with Gasteiger partial charge in [0.25, 0.3) is 0 Å². The zero-order valence-corrected chi connectivity index (χ0v) is 22.4. The molecule has 2 saturated heterocycles. The second kappa shape index (κ2) is 10.8. The molecule has 4 aliphatic rings. The van der Waals surface area contributed by atoms with Crippen molar-refractivity contribution in [3.05, 3.63) is 65.2 Å². The lowest BCUT2D eigenvalue weighted by atomic mass is 9.67. The van der Waals surface area contributed by atoms with E-state index in [2.05, 4.69) is 52.7 Å². The highest BCUT2D eigenvalue weighted by Gasteiger charge is 2.55. The first-order chi connectivity index (χ1) is 18.2. The minimum Gasteiger partial charge on any atom is -0.496 e. The zero-order valence-electron chi connectivity index (χ0n) is 22.4. The summed E-state index contributed by atoms with van der Waals surface area (Å²) in [5.74, 6) is 2.46. The van der Waals surface area contributed by atoms with Crippen LogP contribution in [0.1, 0.15) is 74.0 Å². The van der Waals surface area contributed by atoms with Crippen LogP contribution in [0.25, 0.3) is 0 Å². The summed E-state index contributed by atoms with van der Waals surface area (Å²) in [6.45, 7) is 3.95. The maximum Gasteiger partial charge on any atom is 0.232 e. The van der Waals surface area contributed by atoms with Gasteiger partial charge in [0, 0.05) is 24.8 Å². The van der Waals surface area contributed by atoms with Gasteiger partial charge in [0.15, 0.2) is 0 Å². The second-order valence-electron chi connectivity index (χ2n) is 11.9. The van der Waals surface area contributed by atoms with E-state index in [1.807, 2.05) is 6.07 Å². The lowest BCUT2D eigenvalue weighted by molar-refractivity contribution is -0.640. The second-order valence-corrected chi connectivity index (χ2v) is 11.9. The number of nitrogens with zero attached hydrogens (tertiary/aromatic N) is 1. The van der Waals surface area contributed by atoms with Crippen LogP contribution in [0.15, 0.2) is 48.5 Å². The van der Waals surface area contributed by atoms with Gasteiger partial charge in [-0.2, -0.15) is 0 Å². The summed E-state index contributed by atoms with van der Waals surface area (Å²) in [5.41, 5.74) is 3.68.